The highest BCUT2D eigenvalue weighted by atomic mass is 79.9. The Morgan fingerprint density at radius 1 is 1.43 bits per heavy atom. The van der Waals surface area contributed by atoms with Gasteiger partial charge in [-0.3, -0.25) is 4.79 Å². The molecule has 0 aromatic heterocycles. The van der Waals surface area contributed by atoms with Crippen molar-refractivity contribution in [1.82, 2.24) is 5.32 Å². The molecule has 0 bridgehead atoms. The summed E-state index contributed by atoms with van der Waals surface area (Å²) in [5.41, 5.74) is 3.16. The van der Waals surface area contributed by atoms with Crippen LogP contribution in [0.5, 0.6) is 0 Å². The third-order valence-corrected chi connectivity index (χ3v) is 5.41. The van der Waals surface area contributed by atoms with Crippen LogP contribution in [-0.4, -0.2) is 25.0 Å². The van der Waals surface area contributed by atoms with Gasteiger partial charge in [0.25, 0.3) is 0 Å². The van der Waals surface area contributed by atoms with Crippen molar-refractivity contribution in [3.8, 4) is 0 Å². The normalized spacial score (nSPS) is 27.9. The summed E-state index contributed by atoms with van der Waals surface area (Å²) in [7, 11) is 1.82. The molecule has 2 aliphatic heterocycles. The topological polar surface area (TPSA) is 44.4 Å². The van der Waals surface area contributed by atoms with Gasteiger partial charge >= 0.3 is 0 Å². The van der Waals surface area contributed by atoms with Crippen molar-refractivity contribution >= 4 is 33.2 Å². The number of rotatable bonds is 3. The zero-order valence-electron chi connectivity index (χ0n) is 12.7. The first-order chi connectivity index (χ1) is 10.1. The van der Waals surface area contributed by atoms with Crippen molar-refractivity contribution in [3.05, 3.63) is 22.2 Å². The maximum absolute atomic E-state index is 12.0. The molecule has 21 heavy (non-hydrogen) atoms. The second kappa shape index (κ2) is 5.61. The number of likely N-dealkylation sites (N-methyl/N-ethyl adjacent to an activating group) is 1. The van der Waals surface area contributed by atoms with E-state index in [1.54, 1.807) is 0 Å². The Hall–Kier alpha value is -1.07. The van der Waals surface area contributed by atoms with Crippen LogP contribution in [0, 0.1) is 0 Å². The van der Waals surface area contributed by atoms with Gasteiger partial charge < -0.3 is 15.5 Å². The van der Waals surface area contributed by atoms with Gasteiger partial charge in [-0.15, -0.1) is 0 Å². The van der Waals surface area contributed by atoms with E-state index in [1.165, 1.54) is 18.5 Å². The molecule has 4 nitrogen and oxygen atoms in total. The lowest BCUT2D eigenvalue weighted by Crippen LogP contribution is -2.34. The summed E-state index contributed by atoms with van der Waals surface area (Å²) in [6, 6.07) is 5.09. The smallest absolute Gasteiger partial charge is 0.246 e. The minimum atomic E-state index is -0.247. The minimum Gasteiger partial charge on any atom is -0.365 e. The van der Waals surface area contributed by atoms with Gasteiger partial charge in [0.15, 0.2) is 0 Å². The molecule has 3 rings (SSSR count). The maximum Gasteiger partial charge on any atom is 0.246 e. The second-order valence-corrected chi connectivity index (χ2v) is 6.85. The van der Waals surface area contributed by atoms with Gasteiger partial charge in [-0.2, -0.15) is 0 Å². The highest BCUT2D eigenvalue weighted by Gasteiger charge is 2.34. The van der Waals surface area contributed by atoms with E-state index < -0.39 is 0 Å². The van der Waals surface area contributed by atoms with Gasteiger partial charge in [0.1, 0.15) is 6.04 Å². The minimum absolute atomic E-state index is 0.0260. The van der Waals surface area contributed by atoms with Gasteiger partial charge in [0, 0.05) is 27.8 Å². The van der Waals surface area contributed by atoms with Gasteiger partial charge in [0.2, 0.25) is 5.91 Å². The summed E-state index contributed by atoms with van der Waals surface area (Å²) in [4.78, 5) is 14.5. The number of amides is 1. The van der Waals surface area contributed by atoms with Crippen LogP contribution in [0.25, 0.3) is 0 Å². The Morgan fingerprint density at radius 3 is 2.86 bits per heavy atom. The molecule has 3 atom stereocenters. The predicted molar refractivity (Wildman–Crippen MR) is 89.8 cm³/mol. The fourth-order valence-corrected chi connectivity index (χ4v) is 4.23. The van der Waals surface area contributed by atoms with Crippen LogP contribution < -0.4 is 15.5 Å². The molecule has 114 valence electrons. The molecule has 1 saturated heterocycles. The lowest BCUT2D eigenvalue weighted by atomic mass is 10.1. The average Bonchev–Trinajstić information content (AvgIpc) is 2.97. The van der Waals surface area contributed by atoms with Crippen LogP contribution in [0.4, 0.5) is 11.4 Å². The van der Waals surface area contributed by atoms with E-state index in [4.69, 9.17) is 0 Å². The summed E-state index contributed by atoms with van der Waals surface area (Å²) in [5.74, 6) is 0.0260. The van der Waals surface area contributed by atoms with Crippen LogP contribution in [0.15, 0.2) is 16.6 Å². The molecule has 1 fully saturated rings. The zero-order chi connectivity index (χ0) is 15.1. The molecule has 2 aliphatic rings. The largest absolute Gasteiger partial charge is 0.365 e. The Bertz CT molecular complexity index is 575. The molecule has 0 radical (unpaired) electrons. The van der Waals surface area contributed by atoms with E-state index in [2.05, 4.69) is 57.4 Å². The third kappa shape index (κ3) is 2.36. The lowest BCUT2D eigenvalue weighted by molar-refractivity contribution is -0.117. The summed E-state index contributed by atoms with van der Waals surface area (Å²) < 4.78 is 1.07. The first-order valence-corrected chi connectivity index (χ1v) is 8.46. The van der Waals surface area contributed by atoms with Crippen molar-refractivity contribution in [2.45, 2.75) is 51.2 Å². The number of carbonyl (C=O) groups is 1. The van der Waals surface area contributed by atoms with E-state index in [0.717, 1.165) is 22.1 Å². The number of anilines is 2. The van der Waals surface area contributed by atoms with E-state index in [9.17, 15) is 4.79 Å². The number of hydrogen-bond acceptors (Lipinski definition) is 3. The van der Waals surface area contributed by atoms with Crippen LogP contribution in [-0.2, 0) is 4.79 Å². The molecule has 1 aromatic carbocycles. The van der Waals surface area contributed by atoms with Crippen LogP contribution >= 0.6 is 15.9 Å². The number of benzene rings is 1. The summed E-state index contributed by atoms with van der Waals surface area (Å²) in [6.45, 7) is 4.53. The van der Waals surface area contributed by atoms with Crippen LogP contribution in [0.3, 0.4) is 0 Å². The molecule has 5 heteroatoms. The SMILES string of the molecule is CCC1CCC(C)N1c1cc2c(cc1Br)C(NC)C(=O)N2. The van der Waals surface area contributed by atoms with E-state index in [1.807, 2.05) is 7.05 Å². The molecule has 1 aromatic rings. The molecule has 2 N–H and O–H groups in total. The van der Waals surface area contributed by atoms with E-state index >= 15 is 0 Å². The number of nitrogens with zero attached hydrogens (tertiary/aromatic N) is 1. The van der Waals surface area contributed by atoms with Crippen LogP contribution in [0.2, 0.25) is 0 Å². The van der Waals surface area contributed by atoms with Crippen molar-refractivity contribution in [1.29, 1.82) is 0 Å². The highest BCUT2D eigenvalue weighted by Crippen LogP contribution is 2.42. The molecule has 0 spiro atoms. The predicted octanol–water partition coefficient (Wildman–Crippen LogP) is 3.43. The molecular weight excluding hydrogens is 330 g/mol. The first kappa shape index (κ1) is 14.9. The number of halogens is 1. The molecular formula is C16H22BrN3O. The summed E-state index contributed by atoms with van der Waals surface area (Å²) in [5, 5.41) is 6.06. The Morgan fingerprint density at radius 2 is 2.19 bits per heavy atom. The molecule has 0 saturated carbocycles. The number of nitrogens with one attached hydrogen (secondary N) is 2. The van der Waals surface area contributed by atoms with Gasteiger partial charge in [-0.25, -0.2) is 0 Å². The molecule has 3 unspecified atom stereocenters. The Labute approximate surface area is 134 Å². The standard InChI is InChI=1S/C16H22BrN3O/c1-4-10-6-5-9(2)20(10)14-8-13-11(7-12(14)17)15(18-3)16(21)19-13/h7-10,15,18H,4-6H2,1-3H3,(H,19,21). The highest BCUT2D eigenvalue weighted by molar-refractivity contribution is 9.10. The fraction of sp³-hybridized carbons (Fsp3) is 0.562. The quantitative estimate of drug-likeness (QED) is 0.876. The van der Waals surface area contributed by atoms with Crippen molar-refractivity contribution in [3.63, 3.8) is 0 Å². The van der Waals surface area contributed by atoms with Gasteiger partial charge in [-0.05, 0) is 61.3 Å². The summed E-state index contributed by atoms with van der Waals surface area (Å²) in [6.07, 6.45) is 3.62. The zero-order valence-corrected chi connectivity index (χ0v) is 14.3. The fourth-order valence-electron chi connectivity index (χ4n) is 3.66. The van der Waals surface area contributed by atoms with Crippen LogP contribution in [0.1, 0.15) is 44.7 Å². The Kier molecular flexibility index (Phi) is 3.97. The van der Waals surface area contributed by atoms with Gasteiger partial charge in [0.05, 0.1) is 5.69 Å². The lowest BCUT2D eigenvalue weighted by Gasteiger charge is -2.31. The maximum atomic E-state index is 12.0. The molecule has 0 aliphatic carbocycles. The van der Waals surface area contributed by atoms with Gasteiger partial charge in [-0.1, -0.05) is 6.92 Å². The number of hydrogen-bond donors (Lipinski definition) is 2. The van der Waals surface area contributed by atoms with E-state index in [-0.39, 0.29) is 11.9 Å². The van der Waals surface area contributed by atoms with E-state index in [0.29, 0.717) is 12.1 Å². The number of fused-ring (bicyclic) bond motifs is 1. The summed E-state index contributed by atoms with van der Waals surface area (Å²) >= 11 is 3.71. The Balaban J connectivity index is 2.02. The van der Waals surface area contributed by atoms with Crippen molar-refractivity contribution in [2.24, 2.45) is 0 Å². The monoisotopic (exact) mass is 351 g/mol. The van der Waals surface area contributed by atoms with Crippen molar-refractivity contribution in [2.75, 3.05) is 17.3 Å². The second-order valence-electron chi connectivity index (χ2n) is 6.00. The third-order valence-electron chi connectivity index (χ3n) is 4.77. The average molecular weight is 352 g/mol. The first-order valence-electron chi connectivity index (χ1n) is 7.66. The molecule has 1 amide bonds. The molecule has 2 heterocycles. The number of carbonyl (C=O) groups excluding carboxylic acids is 1. The van der Waals surface area contributed by atoms with Crippen molar-refractivity contribution < 1.29 is 4.79 Å².